The van der Waals surface area contributed by atoms with Gasteiger partial charge in [0.1, 0.15) is 16.6 Å². The van der Waals surface area contributed by atoms with Crippen molar-refractivity contribution in [2.24, 2.45) is 0 Å². The van der Waals surface area contributed by atoms with Crippen LogP contribution in [0.15, 0.2) is 36.4 Å². The highest BCUT2D eigenvalue weighted by atomic mass is 35.5. The number of rotatable bonds is 4. The number of aromatic amines is 1. The van der Waals surface area contributed by atoms with Crippen molar-refractivity contribution in [2.45, 2.75) is 31.5 Å². The van der Waals surface area contributed by atoms with E-state index in [0.29, 0.717) is 16.5 Å². The second-order valence-electron chi connectivity index (χ2n) is 7.07. The summed E-state index contributed by atoms with van der Waals surface area (Å²) in [6.45, 7) is 1.45. The molecule has 2 amide bonds. The Hall–Kier alpha value is -2.35. The largest absolute Gasteiger partial charge is 0.384 e. The number of aliphatic hydroxyl groups excluding tert-OH is 1. The summed E-state index contributed by atoms with van der Waals surface area (Å²) in [5.74, 6) is -0.615. The van der Waals surface area contributed by atoms with Gasteiger partial charge in [0.05, 0.1) is 16.4 Å². The zero-order chi connectivity index (χ0) is 20.0. The number of aromatic nitrogens is 1. The first-order valence-corrected chi connectivity index (χ1v) is 10.2. The lowest BCUT2D eigenvalue weighted by Gasteiger charge is -2.31. The van der Waals surface area contributed by atoms with Crippen LogP contribution in [0.1, 0.15) is 34.6 Å². The molecular weight excluding hydrogens is 398 g/mol. The number of H-pyrrole nitrogens is 1. The molecule has 1 aliphatic rings. The molecule has 2 aromatic heterocycles. The van der Waals surface area contributed by atoms with E-state index in [1.54, 1.807) is 13.1 Å². The topological polar surface area (TPSA) is 85.4 Å². The van der Waals surface area contributed by atoms with Crippen molar-refractivity contribution in [3.05, 3.63) is 57.6 Å². The number of fused-ring (bicyclic) bond motifs is 2. The molecule has 8 heteroatoms. The predicted molar refractivity (Wildman–Crippen MR) is 110 cm³/mol. The third-order valence-corrected chi connectivity index (χ3v) is 6.35. The third kappa shape index (κ3) is 3.30. The number of aliphatic hydroxyl groups is 1. The molecule has 28 heavy (non-hydrogen) atoms. The number of carbonyl (C=O) groups is 2. The summed E-state index contributed by atoms with van der Waals surface area (Å²) in [5, 5.41) is 13.7. The van der Waals surface area contributed by atoms with Gasteiger partial charge in [-0.15, -0.1) is 11.3 Å². The van der Waals surface area contributed by atoms with Crippen LogP contribution in [-0.4, -0.2) is 46.0 Å². The molecule has 0 saturated carbocycles. The summed E-state index contributed by atoms with van der Waals surface area (Å²) in [7, 11) is 1.66. The van der Waals surface area contributed by atoms with Gasteiger partial charge >= 0.3 is 0 Å². The van der Waals surface area contributed by atoms with Gasteiger partial charge in [0.25, 0.3) is 11.8 Å². The number of carbonyl (C=O) groups excluding carboxylic acids is 2. The number of thiophene rings is 1. The maximum atomic E-state index is 12.9. The van der Waals surface area contributed by atoms with E-state index < -0.39 is 6.10 Å². The van der Waals surface area contributed by atoms with E-state index in [-0.39, 0.29) is 23.9 Å². The molecule has 3 N–H and O–H groups in total. The third-order valence-electron chi connectivity index (χ3n) is 5.16. The number of likely N-dealkylation sites (N-methyl/N-ethyl adjacent to an activating group) is 1. The number of hydrogen-bond acceptors (Lipinski definition) is 4. The van der Waals surface area contributed by atoms with E-state index in [9.17, 15) is 14.7 Å². The summed E-state index contributed by atoms with van der Waals surface area (Å²) in [4.78, 5) is 30.7. The number of hydrogen-bond donors (Lipinski definition) is 3. The minimum Gasteiger partial charge on any atom is -0.384 e. The first-order chi connectivity index (χ1) is 13.3. The minimum absolute atomic E-state index is 0.236. The van der Waals surface area contributed by atoms with Crippen molar-refractivity contribution in [2.75, 3.05) is 7.05 Å². The molecule has 146 valence electrons. The Bertz CT molecular complexity index is 1030. The first-order valence-electron chi connectivity index (χ1n) is 8.96. The van der Waals surface area contributed by atoms with Gasteiger partial charge in [0, 0.05) is 12.4 Å². The predicted octanol–water partition coefficient (Wildman–Crippen LogP) is 3.12. The first kappa shape index (κ1) is 19.0. The second-order valence-corrected chi connectivity index (χ2v) is 8.75. The highest BCUT2D eigenvalue weighted by Crippen LogP contribution is 2.36. The zero-order valence-electron chi connectivity index (χ0n) is 15.4. The van der Waals surface area contributed by atoms with Crippen molar-refractivity contribution in [3.63, 3.8) is 0 Å². The Morgan fingerprint density at radius 1 is 1.36 bits per heavy atom. The normalized spacial score (nSPS) is 19.4. The molecule has 0 spiro atoms. The van der Waals surface area contributed by atoms with Crippen LogP contribution in [0.3, 0.4) is 0 Å². The number of amides is 2. The fourth-order valence-corrected chi connectivity index (χ4v) is 5.00. The van der Waals surface area contributed by atoms with Gasteiger partial charge < -0.3 is 20.3 Å². The van der Waals surface area contributed by atoms with Gasteiger partial charge in [-0.1, -0.05) is 35.9 Å². The van der Waals surface area contributed by atoms with Gasteiger partial charge in [0.2, 0.25) is 0 Å². The molecule has 1 aliphatic carbocycles. The summed E-state index contributed by atoms with van der Waals surface area (Å²) in [6.07, 6.45) is -0.487. The highest BCUT2D eigenvalue weighted by Gasteiger charge is 2.38. The van der Waals surface area contributed by atoms with E-state index >= 15 is 0 Å². The molecular formula is C20H20ClN3O3S. The number of halogens is 1. The number of benzene rings is 1. The van der Waals surface area contributed by atoms with Gasteiger partial charge in [-0.05, 0) is 36.6 Å². The van der Waals surface area contributed by atoms with Gasteiger partial charge in [-0.2, -0.15) is 0 Å². The van der Waals surface area contributed by atoms with Gasteiger partial charge in [-0.25, -0.2) is 0 Å². The maximum absolute atomic E-state index is 12.9. The van der Waals surface area contributed by atoms with E-state index in [4.69, 9.17) is 11.6 Å². The SMILES string of the molecule is C[C@@H](O)C(=O)N(C)[C@@H]1c2ccccc2C[C@H]1NC(=O)c1cc2cc(Cl)sc2[nH]1. The number of nitrogens with zero attached hydrogens (tertiary/aromatic N) is 1. The molecule has 0 bridgehead atoms. The van der Waals surface area contributed by atoms with Gasteiger partial charge in [-0.3, -0.25) is 9.59 Å². The van der Waals surface area contributed by atoms with E-state index in [2.05, 4.69) is 10.3 Å². The molecule has 1 aromatic carbocycles. The molecule has 4 rings (SSSR count). The summed E-state index contributed by atoms with van der Waals surface area (Å²) < 4.78 is 0.665. The molecule has 0 aliphatic heterocycles. The van der Waals surface area contributed by atoms with Crippen LogP contribution < -0.4 is 5.32 Å². The molecule has 3 aromatic rings. The lowest BCUT2D eigenvalue weighted by Crippen LogP contribution is -2.47. The summed E-state index contributed by atoms with van der Waals surface area (Å²) in [5.41, 5.74) is 2.53. The Morgan fingerprint density at radius 2 is 2.11 bits per heavy atom. The van der Waals surface area contributed by atoms with Crippen molar-refractivity contribution in [3.8, 4) is 0 Å². The quantitative estimate of drug-likeness (QED) is 0.609. The molecule has 6 nitrogen and oxygen atoms in total. The molecule has 2 heterocycles. The van der Waals surface area contributed by atoms with Crippen LogP contribution in [0.5, 0.6) is 0 Å². The molecule has 0 fully saturated rings. The summed E-state index contributed by atoms with van der Waals surface area (Å²) in [6, 6.07) is 10.8. The van der Waals surface area contributed by atoms with Crippen molar-refractivity contribution in [1.29, 1.82) is 0 Å². The second kappa shape index (κ2) is 7.24. The van der Waals surface area contributed by atoms with Crippen molar-refractivity contribution < 1.29 is 14.7 Å². The zero-order valence-corrected chi connectivity index (χ0v) is 17.0. The van der Waals surface area contributed by atoms with Crippen molar-refractivity contribution in [1.82, 2.24) is 15.2 Å². The Kier molecular flexibility index (Phi) is 4.91. The van der Waals surface area contributed by atoms with Crippen LogP contribution in [0.2, 0.25) is 4.34 Å². The Morgan fingerprint density at radius 3 is 2.82 bits per heavy atom. The van der Waals surface area contributed by atoms with E-state index in [0.717, 1.165) is 21.3 Å². The number of nitrogens with one attached hydrogen (secondary N) is 2. The monoisotopic (exact) mass is 417 g/mol. The smallest absolute Gasteiger partial charge is 0.268 e. The van der Waals surface area contributed by atoms with Crippen LogP contribution in [0, 0.1) is 0 Å². The molecule has 0 saturated heterocycles. The van der Waals surface area contributed by atoms with Crippen LogP contribution in [0.4, 0.5) is 0 Å². The average molecular weight is 418 g/mol. The molecule has 3 atom stereocenters. The summed E-state index contributed by atoms with van der Waals surface area (Å²) >= 11 is 7.38. The lowest BCUT2D eigenvalue weighted by atomic mass is 10.0. The molecule has 0 unspecified atom stereocenters. The Labute approximate surface area is 171 Å². The van der Waals surface area contributed by atoms with Gasteiger partial charge in [0.15, 0.2) is 0 Å². The lowest BCUT2D eigenvalue weighted by molar-refractivity contribution is -0.140. The fourth-order valence-electron chi connectivity index (χ4n) is 3.88. The maximum Gasteiger partial charge on any atom is 0.268 e. The van der Waals surface area contributed by atoms with E-state index in [1.807, 2.05) is 30.3 Å². The van der Waals surface area contributed by atoms with E-state index in [1.165, 1.54) is 23.2 Å². The molecule has 0 radical (unpaired) electrons. The van der Waals surface area contributed by atoms with Crippen LogP contribution in [0.25, 0.3) is 10.2 Å². The highest BCUT2D eigenvalue weighted by molar-refractivity contribution is 7.22. The minimum atomic E-state index is -1.10. The van der Waals surface area contributed by atoms with Crippen LogP contribution >= 0.6 is 22.9 Å². The Balaban J connectivity index is 1.60. The standard InChI is InChI=1S/C20H20ClN3O3S/c1-10(25)20(27)24(2)17-13-6-4-3-5-11(13)7-14(17)22-18(26)15-8-12-9-16(21)28-19(12)23-15/h3-6,8-10,14,17,23,25H,7H2,1-2H3,(H,22,26)/t10-,14-,17-/m1/s1. The fraction of sp³-hybridized carbons (Fsp3) is 0.300. The van der Waals surface area contributed by atoms with Crippen molar-refractivity contribution >= 4 is 45.0 Å². The average Bonchev–Trinajstić information content (AvgIpc) is 3.30. The van der Waals surface area contributed by atoms with Crippen LogP contribution in [-0.2, 0) is 11.2 Å².